The van der Waals surface area contributed by atoms with Crippen LogP contribution in [0.2, 0.25) is 5.02 Å². The van der Waals surface area contributed by atoms with Crippen LogP contribution in [0.25, 0.3) is 0 Å². The molecule has 1 aliphatic rings. The van der Waals surface area contributed by atoms with Crippen molar-refractivity contribution < 1.29 is 14.3 Å². The van der Waals surface area contributed by atoms with Crippen LogP contribution in [-0.4, -0.2) is 23.5 Å². The maximum absolute atomic E-state index is 12.3. The maximum Gasteiger partial charge on any atom is 0.311 e. The molecule has 1 N–H and O–H groups in total. The van der Waals surface area contributed by atoms with Gasteiger partial charge in [0.05, 0.1) is 18.7 Å². The zero-order valence-electron chi connectivity index (χ0n) is 13.1. The fourth-order valence-corrected chi connectivity index (χ4v) is 3.60. The van der Waals surface area contributed by atoms with Crippen LogP contribution in [0.5, 0.6) is 0 Å². The van der Waals surface area contributed by atoms with Crippen molar-refractivity contribution in [2.24, 2.45) is 5.92 Å². The van der Waals surface area contributed by atoms with Crippen molar-refractivity contribution in [3.63, 3.8) is 0 Å². The number of thiazole rings is 1. The minimum atomic E-state index is -0.318. The lowest BCUT2D eigenvalue weighted by Gasteiger charge is -2.03. The number of anilines is 1. The van der Waals surface area contributed by atoms with Crippen LogP contribution < -0.4 is 5.32 Å². The van der Waals surface area contributed by atoms with Gasteiger partial charge in [0.25, 0.3) is 0 Å². The standard InChI is InChI=1S/C17H17ClN2O3S/c1-2-23-15(21)7-10-9-24-17(19-10)20-16(22)13-8-12(13)11-5-3-4-6-14(11)18/h3-6,9,12-13H,2,7-8H2,1H3,(H,19,20,22). The highest BCUT2D eigenvalue weighted by atomic mass is 35.5. The van der Waals surface area contributed by atoms with Crippen LogP contribution in [0.15, 0.2) is 29.6 Å². The number of halogens is 1. The summed E-state index contributed by atoms with van der Waals surface area (Å²) >= 11 is 7.49. The van der Waals surface area contributed by atoms with E-state index in [1.807, 2.05) is 24.3 Å². The number of rotatable bonds is 6. The van der Waals surface area contributed by atoms with Gasteiger partial charge in [-0.1, -0.05) is 29.8 Å². The molecule has 0 aliphatic heterocycles. The minimum Gasteiger partial charge on any atom is -0.466 e. The summed E-state index contributed by atoms with van der Waals surface area (Å²) in [5, 5.41) is 5.78. The number of carbonyl (C=O) groups excluding carboxylic acids is 2. The second kappa shape index (κ2) is 7.32. The molecule has 0 spiro atoms. The number of nitrogens with one attached hydrogen (secondary N) is 1. The first kappa shape index (κ1) is 16.9. The van der Waals surface area contributed by atoms with Crippen molar-refractivity contribution in [1.29, 1.82) is 0 Å². The molecule has 5 nitrogen and oxygen atoms in total. The second-order valence-corrected chi connectivity index (χ2v) is 6.85. The van der Waals surface area contributed by atoms with Crippen LogP contribution in [0.4, 0.5) is 5.13 Å². The molecule has 3 rings (SSSR count). The number of hydrogen-bond acceptors (Lipinski definition) is 5. The molecule has 2 atom stereocenters. The Morgan fingerprint density at radius 2 is 2.21 bits per heavy atom. The molecule has 126 valence electrons. The predicted octanol–water partition coefficient (Wildman–Crippen LogP) is 3.64. The van der Waals surface area contributed by atoms with Crippen molar-refractivity contribution in [3.8, 4) is 0 Å². The lowest BCUT2D eigenvalue weighted by atomic mass is 10.1. The molecular formula is C17H17ClN2O3S. The van der Waals surface area contributed by atoms with Gasteiger partial charge in [0.1, 0.15) is 0 Å². The molecule has 24 heavy (non-hydrogen) atoms. The zero-order chi connectivity index (χ0) is 17.1. The van der Waals surface area contributed by atoms with Crippen LogP contribution in [0.3, 0.4) is 0 Å². The SMILES string of the molecule is CCOC(=O)Cc1csc(NC(=O)C2CC2c2ccccc2Cl)n1. The summed E-state index contributed by atoms with van der Waals surface area (Å²) in [5.74, 6) is -0.293. The van der Waals surface area contributed by atoms with E-state index in [0.29, 0.717) is 22.5 Å². The third-order valence-electron chi connectivity index (χ3n) is 3.84. The predicted molar refractivity (Wildman–Crippen MR) is 93.4 cm³/mol. The highest BCUT2D eigenvalue weighted by Crippen LogP contribution is 2.50. The van der Waals surface area contributed by atoms with Gasteiger partial charge in [-0.2, -0.15) is 0 Å². The lowest BCUT2D eigenvalue weighted by molar-refractivity contribution is -0.142. The smallest absolute Gasteiger partial charge is 0.311 e. The fourth-order valence-electron chi connectivity index (χ4n) is 2.61. The number of ether oxygens (including phenoxy) is 1. The molecule has 2 unspecified atom stereocenters. The molecule has 1 aromatic carbocycles. The highest BCUT2D eigenvalue weighted by Gasteiger charge is 2.45. The van der Waals surface area contributed by atoms with E-state index in [1.54, 1.807) is 12.3 Å². The van der Waals surface area contributed by atoms with Gasteiger partial charge in [0, 0.05) is 16.3 Å². The molecule has 2 aromatic rings. The number of esters is 1. The van der Waals surface area contributed by atoms with Crippen LogP contribution >= 0.6 is 22.9 Å². The van der Waals surface area contributed by atoms with Crippen LogP contribution in [0.1, 0.15) is 30.5 Å². The van der Waals surface area contributed by atoms with Crippen molar-refractivity contribution >= 4 is 39.9 Å². The molecule has 0 saturated heterocycles. The average molecular weight is 365 g/mol. The Kier molecular flexibility index (Phi) is 5.16. The molecule has 1 amide bonds. The molecule has 1 heterocycles. The number of carbonyl (C=O) groups is 2. The minimum absolute atomic E-state index is 0.0584. The highest BCUT2D eigenvalue weighted by molar-refractivity contribution is 7.13. The molecule has 1 saturated carbocycles. The summed E-state index contributed by atoms with van der Waals surface area (Å²) in [6, 6.07) is 7.61. The fraction of sp³-hybridized carbons (Fsp3) is 0.353. The summed E-state index contributed by atoms with van der Waals surface area (Å²) in [7, 11) is 0. The van der Waals surface area contributed by atoms with Crippen molar-refractivity contribution in [2.45, 2.75) is 25.7 Å². The number of benzene rings is 1. The quantitative estimate of drug-likeness (QED) is 0.794. The topological polar surface area (TPSA) is 68.3 Å². The lowest BCUT2D eigenvalue weighted by Crippen LogP contribution is -2.14. The average Bonchev–Trinajstić information content (AvgIpc) is 3.23. The summed E-state index contributed by atoms with van der Waals surface area (Å²) in [5.41, 5.74) is 1.62. The van der Waals surface area contributed by atoms with E-state index in [-0.39, 0.29) is 30.1 Å². The Hall–Kier alpha value is -1.92. The van der Waals surface area contributed by atoms with E-state index in [9.17, 15) is 9.59 Å². The van der Waals surface area contributed by atoms with Gasteiger partial charge in [-0.05, 0) is 30.9 Å². The molecule has 1 aliphatic carbocycles. The van der Waals surface area contributed by atoms with E-state index < -0.39 is 0 Å². The van der Waals surface area contributed by atoms with Crippen molar-refractivity contribution in [2.75, 3.05) is 11.9 Å². The molecule has 0 radical (unpaired) electrons. The van der Waals surface area contributed by atoms with Gasteiger partial charge in [-0.25, -0.2) is 4.98 Å². The summed E-state index contributed by atoms with van der Waals surface area (Å²) < 4.78 is 4.88. The van der Waals surface area contributed by atoms with Gasteiger partial charge in [-0.3, -0.25) is 9.59 Å². The second-order valence-electron chi connectivity index (χ2n) is 5.59. The van der Waals surface area contributed by atoms with E-state index in [0.717, 1.165) is 12.0 Å². The van der Waals surface area contributed by atoms with Gasteiger partial charge >= 0.3 is 5.97 Å². The Morgan fingerprint density at radius 1 is 1.42 bits per heavy atom. The molecule has 1 aromatic heterocycles. The number of nitrogens with zero attached hydrogens (tertiary/aromatic N) is 1. The van der Waals surface area contributed by atoms with E-state index in [2.05, 4.69) is 10.3 Å². The van der Waals surface area contributed by atoms with Crippen molar-refractivity contribution in [1.82, 2.24) is 4.98 Å². The first-order valence-electron chi connectivity index (χ1n) is 7.73. The number of hydrogen-bond donors (Lipinski definition) is 1. The number of aromatic nitrogens is 1. The summed E-state index contributed by atoms with van der Waals surface area (Å²) in [4.78, 5) is 28.0. The first-order valence-corrected chi connectivity index (χ1v) is 8.99. The Balaban J connectivity index is 1.56. The third kappa shape index (κ3) is 3.94. The van der Waals surface area contributed by atoms with E-state index >= 15 is 0 Å². The Labute approximate surface area is 149 Å². The summed E-state index contributed by atoms with van der Waals surface area (Å²) in [6.45, 7) is 2.10. The van der Waals surface area contributed by atoms with Crippen LogP contribution in [0, 0.1) is 5.92 Å². The van der Waals surface area contributed by atoms with E-state index in [4.69, 9.17) is 16.3 Å². The molecular weight excluding hydrogens is 348 g/mol. The Morgan fingerprint density at radius 3 is 2.96 bits per heavy atom. The monoisotopic (exact) mass is 364 g/mol. The first-order chi connectivity index (χ1) is 11.6. The van der Waals surface area contributed by atoms with Crippen molar-refractivity contribution in [3.05, 3.63) is 45.9 Å². The molecule has 1 fully saturated rings. The third-order valence-corrected chi connectivity index (χ3v) is 5.00. The van der Waals surface area contributed by atoms with Gasteiger partial charge in [0.15, 0.2) is 5.13 Å². The zero-order valence-corrected chi connectivity index (χ0v) is 14.7. The molecule has 0 bridgehead atoms. The number of amides is 1. The van der Waals surface area contributed by atoms with E-state index in [1.165, 1.54) is 11.3 Å². The van der Waals surface area contributed by atoms with Crippen LogP contribution in [-0.2, 0) is 20.7 Å². The van der Waals surface area contributed by atoms with Gasteiger partial charge in [0.2, 0.25) is 5.91 Å². The molecule has 7 heteroatoms. The maximum atomic E-state index is 12.3. The normalized spacial score (nSPS) is 18.9. The largest absolute Gasteiger partial charge is 0.466 e. The Bertz CT molecular complexity index is 762. The van der Waals surface area contributed by atoms with Gasteiger partial charge in [-0.15, -0.1) is 11.3 Å². The van der Waals surface area contributed by atoms with Gasteiger partial charge < -0.3 is 10.1 Å². The summed E-state index contributed by atoms with van der Waals surface area (Å²) in [6.07, 6.45) is 0.905.